The molecule has 0 aliphatic carbocycles. The van der Waals surface area contributed by atoms with E-state index in [0.717, 1.165) is 4.47 Å². The van der Waals surface area contributed by atoms with E-state index in [2.05, 4.69) is 15.9 Å². The number of hydrogen-bond donors (Lipinski definition) is 1. The van der Waals surface area contributed by atoms with Gasteiger partial charge in [0, 0.05) is 17.4 Å². The number of nitrogens with two attached hydrogens (primary N) is 1. The summed E-state index contributed by atoms with van der Waals surface area (Å²) < 4.78 is 18.7. The number of Topliss-reactive ketones (excluding diaryl/α,β-unsaturated/α-hetero) is 1. The first kappa shape index (κ1) is 13.3. The van der Waals surface area contributed by atoms with E-state index in [1.165, 1.54) is 12.1 Å². The molecule has 0 saturated heterocycles. The van der Waals surface area contributed by atoms with Gasteiger partial charge in [-0.05, 0) is 23.8 Å². The molecule has 16 heavy (non-hydrogen) atoms. The molecular formula is C11H13BrFNO2. The predicted octanol–water partition coefficient (Wildman–Crippen LogP) is 1.68. The average Bonchev–Trinajstić information content (AvgIpc) is 2.24. The van der Waals surface area contributed by atoms with Crippen LogP contribution < -0.4 is 5.73 Å². The molecule has 1 rings (SSSR count). The monoisotopic (exact) mass is 289 g/mol. The quantitative estimate of drug-likeness (QED) is 0.811. The fourth-order valence-electron chi connectivity index (χ4n) is 1.21. The van der Waals surface area contributed by atoms with Gasteiger partial charge in [-0.15, -0.1) is 0 Å². The number of halogens is 2. The summed E-state index contributed by atoms with van der Waals surface area (Å²) in [7, 11) is 0. The van der Waals surface area contributed by atoms with Crippen LogP contribution in [-0.2, 0) is 16.0 Å². The van der Waals surface area contributed by atoms with Crippen molar-refractivity contribution in [1.82, 2.24) is 0 Å². The van der Waals surface area contributed by atoms with Gasteiger partial charge in [-0.3, -0.25) is 4.79 Å². The van der Waals surface area contributed by atoms with Crippen molar-refractivity contribution >= 4 is 21.7 Å². The fourth-order valence-corrected chi connectivity index (χ4v) is 1.60. The van der Waals surface area contributed by atoms with E-state index in [0.29, 0.717) is 18.7 Å². The normalized spacial score (nSPS) is 10.4. The maximum atomic E-state index is 12.9. The largest absolute Gasteiger partial charge is 0.372 e. The van der Waals surface area contributed by atoms with Gasteiger partial charge in [0.2, 0.25) is 0 Å². The fraction of sp³-hybridized carbons (Fsp3) is 0.364. The topological polar surface area (TPSA) is 52.3 Å². The van der Waals surface area contributed by atoms with Crippen molar-refractivity contribution < 1.29 is 13.9 Å². The summed E-state index contributed by atoms with van der Waals surface area (Å²) in [5.41, 5.74) is 5.84. The maximum Gasteiger partial charge on any atom is 0.162 e. The van der Waals surface area contributed by atoms with Crippen LogP contribution in [0.25, 0.3) is 0 Å². The van der Waals surface area contributed by atoms with Crippen LogP contribution in [0.2, 0.25) is 0 Å². The van der Waals surface area contributed by atoms with Crippen molar-refractivity contribution in [3.63, 3.8) is 0 Å². The molecule has 0 heterocycles. The average molecular weight is 290 g/mol. The maximum absolute atomic E-state index is 12.9. The highest BCUT2D eigenvalue weighted by molar-refractivity contribution is 9.10. The Morgan fingerprint density at radius 2 is 2.25 bits per heavy atom. The Hall–Kier alpha value is -0.780. The molecule has 2 N–H and O–H groups in total. The third-order valence-electron chi connectivity index (χ3n) is 1.92. The van der Waals surface area contributed by atoms with Crippen molar-refractivity contribution in [2.45, 2.75) is 6.42 Å². The Morgan fingerprint density at radius 3 is 2.94 bits per heavy atom. The number of ketones is 1. The van der Waals surface area contributed by atoms with Gasteiger partial charge in [-0.2, -0.15) is 0 Å². The van der Waals surface area contributed by atoms with Crippen molar-refractivity contribution in [3.8, 4) is 0 Å². The summed E-state index contributed by atoms with van der Waals surface area (Å²) in [6.45, 7) is 0.757. The minimum atomic E-state index is -0.353. The summed E-state index contributed by atoms with van der Waals surface area (Å²) >= 11 is 3.26. The second-order valence-electron chi connectivity index (χ2n) is 3.29. The van der Waals surface area contributed by atoms with Gasteiger partial charge in [0.05, 0.1) is 6.61 Å². The molecule has 0 spiro atoms. The van der Waals surface area contributed by atoms with Crippen molar-refractivity contribution in [1.29, 1.82) is 0 Å². The van der Waals surface area contributed by atoms with Crippen molar-refractivity contribution in [3.05, 3.63) is 34.1 Å². The molecule has 0 saturated carbocycles. The molecule has 0 unspecified atom stereocenters. The molecular weight excluding hydrogens is 277 g/mol. The molecule has 0 amide bonds. The number of carbonyl (C=O) groups is 1. The summed E-state index contributed by atoms with van der Waals surface area (Å²) in [4.78, 5) is 11.4. The van der Waals surface area contributed by atoms with Gasteiger partial charge in [0.1, 0.15) is 12.4 Å². The molecule has 0 atom stereocenters. The zero-order valence-electron chi connectivity index (χ0n) is 8.71. The SMILES string of the molecule is NCCOCC(=O)Cc1cc(F)ccc1Br. The summed E-state index contributed by atoms with van der Waals surface area (Å²) in [5.74, 6) is -0.450. The standard InChI is InChI=1S/C11H13BrFNO2/c12-11-2-1-9(13)5-8(11)6-10(15)7-16-4-3-14/h1-2,5H,3-4,6-7,14H2. The van der Waals surface area contributed by atoms with E-state index in [-0.39, 0.29) is 24.6 Å². The number of ether oxygens (including phenoxy) is 1. The number of carbonyl (C=O) groups excluding carboxylic acids is 1. The Balaban J connectivity index is 2.52. The lowest BCUT2D eigenvalue weighted by atomic mass is 10.1. The minimum absolute atomic E-state index is 0.0140. The second kappa shape index (κ2) is 6.73. The zero-order chi connectivity index (χ0) is 12.0. The van der Waals surface area contributed by atoms with Gasteiger partial charge in [0.25, 0.3) is 0 Å². The van der Waals surface area contributed by atoms with E-state index in [1.54, 1.807) is 6.07 Å². The van der Waals surface area contributed by atoms with Gasteiger partial charge in [0.15, 0.2) is 5.78 Å². The van der Waals surface area contributed by atoms with Crippen LogP contribution in [0.3, 0.4) is 0 Å². The third-order valence-corrected chi connectivity index (χ3v) is 2.69. The van der Waals surface area contributed by atoms with Gasteiger partial charge < -0.3 is 10.5 Å². The molecule has 1 aromatic rings. The summed E-state index contributed by atoms with van der Waals surface area (Å²) in [5, 5.41) is 0. The lowest BCUT2D eigenvalue weighted by molar-refractivity contribution is -0.122. The first-order valence-electron chi connectivity index (χ1n) is 4.87. The Labute approximate surface area is 102 Å². The molecule has 3 nitrogen and oxygen atoms in total. The van der Waals surface area contributed by atoms with E-state index in [9.17, 15) is 9.18 Å². The van der Waals surface area contributed by atoms with Crippen LogP contribution in [0.15, 0.2) is 22.7 Å². The van der Waals surface area contributed by atoms with Gasteiger partial charge >= 0.3 is 0 Å². The molecule has 0 radical (unpaired) electrons. The Bertz CT molecular complexity index is 371. The van der Waals surface area contributed by atoms with E-state index in [1.807, 2.05) is 0 Å². The third kappa shape index (κ3) is 4.38. The second-order valence-corrected chi connectivity index (χ2v) is 4.15. The van der Waals surface area contributed by atoms with Crippen LogP contribution in [0, 0.1) is 5.82 Å². The molecule has 0 bridgehead atoms. The van der Waals surface area contributed by atoms with E-state index in [4.69, 9.17) is 10.5 Å². The highest BCUT2D eigenvalue weighted by atomic mass is 79.9. The first-order chi connectivity index (χ1) is 7.63. The lowest BCUT2D eigenvalue weighted by Gasteiger charge is -2.04. The number of benzene rings is 1. The summed E-state index contributed by atoms with van der Waals surface area (Å²) in [6.07, 6.45) is 0.156. The Kier molecular flexibility index (Phi) is 5.59. The van der Waals surface area contributed by atoms with Crippen LogP contribution in [-0.4, -0.2) is 25.5 Å². The molecule has 5 heteroatoms. The van der Waals surface area contributed by atoms with Crippen LogP contribution >= 0.6 is 15.9 Å². The van der Waals surface area contributed by atoms with Crippen molar-refractivity contribution in [2.24, 2.45) is 5.73 Å². The molecule has 1 aromatic carbocycles. The molecule has 0 fully saturated rings. The predicted molar refractivity (Wildman–Crippen MR) is 62.7 cm³/mol. The molecule has 88 valence electrons. The van der Waals surface area contributed by atoms with Gasteiger partial charge in [-0.25, -0.2) is 4.39 Å². The Morgan fingerprint density at radius 1 is 1.50 bits per heavy atom. The smallest absolute Gasteiger partial charge is 0.162 e. The first-order valence-corrected chi connectivity index (χ1v) is 5.66. The summed E-state index contributed by atoms with van der Waals surface area (Å²) in [6, 6.07) is 4.26. The van der Waals surface area contributed by atoms with E-state index >= 15 is 0 Å². The minimum Gasteiger partial charge on any atom is -0.372 e. The van der Waals surface area contributed by atoms with E-state index < -0.39 is 0 Å². The molecule has 0 aliphatic rings. The van der Waals surface area contributed by atoms with Crippen LogP contribution in [0.5, 0.6) is 0 Å². The molecule has 0 aromatic heterocycles. The van der Waals surface area contributed by atoms with Crippen LogP contribution in [0.4, 0.5) is 4.39 Å². The highest BCUT2D eigenvalue weighted by Crippen LogP contribution is 2.18. The van der Waals surface area contributed by atoms with Crippen LogP contribution in [0.1, 0.15) is 5.56 Å². The lowest BCUT2D eigenvalue weighted by Crippen LogP contribution is -2.16. The number of rotatable bonds is 6. The highest BCUT2D eigenvalue weighted by Gasteiger charge is 2.08. The zero-order valence-corrected chi connectivity index (χ0v) is 10.3. The van der Waals surface area contributed by atoms with Crippen molar-refractivity contribution in [2.75, 3.05) is 19.8 Å². The number of hydrogen-bond acceptors (Lipinski definition) is 3. The van der Waals surface area contributed by atoms with Gasteiger partial charge in [-0.1, -0.05) is 15.9 Å². The molecule has 0 aliphatic heterocycles.